The monoisotopic (exact) mass is 280 g/mol. The molecule has 0 aromatic heterocycles. The summed E-state index contributed by atoms with van der Waals surface area (Å²) in [7, 11) is -3.21. The number of carboxylic acid groups (broad SMARTS) is 1. The number of hydrogen-bond acceptors (Lipinski definition) is 5. The van der Waals surface area contributed by atoms with Gasteiger partial charge in [-0.2, -0.15) is 0 Å². The second-order valence-corrected chi connectivity index (χ2v) is 6.07. The summed E-state index contributed by atoms with van der Waals surface area (Å²) >= 11 is 0. The predicted molar refractivity (Wildman–Crippen MR) is 60.9 cm³/mol. The molecular weight excluding hydrogens is 264 g/mol. The number of nitrogens with zero attached hydrogens (tertiary/aromatic N) is 1. The van der Waals surface area contributed by atoms with Gasteiger partial charge in [-0.1, -0.05) is 0 Å². The van der Waals surface area contributed by atoms with Crippen molar-refractivity contribution >= 4 is 21.9 Å². The minimum atomic E-state index is -3.21. The lowest BCUT2D eigenvalue weighted by molar-refractivity contribution is -0.151. The first-order valence-corrected chi connectivity index (χ1v) is 7.24. The number of amides is 1. The van der Waals surface area contributed by atoms with Gasteiger partial charge in [-0.3, -0.25) is 9.63 Å². The van der Waals surface area contributed by atoms with E-state index in [1.807, 2.05) is 5.48 Å². The largest absolute Gasteiger partial charge is 0.479 e. The molecule has 0 unspecified atom stereocenters. The number of piperidine rings is 1. The molecule has 0 aromatic rings. The van der Waals surface area contributed by atoms with Gasteiger partial charge in [-0.25, -0.2) is 23.0 Å². The third kappa shape index (κ3) is 4.59. The first-order chi connectivity index (χ1) is 8.30. The van der Waals surface area contributed by atoms with Gasteiger partial charge in [-0.05, 0) is 12.8 Å². The summed E-state index contributed by atoms with van der Waals surface area (Å²) in [6.45, 7) is -0.0281. The third-order valence-electron chi connectivity index (χ3n) is 2.66. The minimum Gasteiger partial charge on any atom is -0.479 e. The molecule has 0 saturated carbocycles. The minimum absolute atomic E-state index is 0.288. The fourth-order valence-corrected chi connectivity index (χ4v) is 2.58. The fourth-order valence-electron chi connectivity index (χ4n) is 1.70. The molecule has 1 fully saturated rings. The van der Waals surface area contributed by atoms with Gasteiger partial charge in [0.05, 0.1) is 6.26 Å². The molecule has 0 bridgehead atoms. The maximum absolute atomic E-state index is 11.5. The van der Waals surface area contributed by atoms with Gasteiger partial charge in [0, 0.05) is 19.0 Å². The average molecular weight is 280 g/mol. The Labute approximate surface area is 105 Å². The zero-order valence-electron chi connectivity index (χ0n) is 9.96. The Morgan fingerprint density at radius 1 is 1.39 bits per heavy atom. The second-order valence-electron chi connectivity index (χ2n) is 4.09. The topological polar surface area (TPSA) is 113 Å². The number of hydrogen-bond donors (Lipinski definition) is 2. The van der Waals surface area contributed by atoms with Crippen molar-refractivity contribution in [1.82, 2.24) is 9.79 Å². The van der Waals surface area contributed by atoms with Crippen LogP contribution >= 0.6 is 0 Å². The van der Waals surface area contributed by atoms with Crippen LogP contribution in [0.1, 0.15) is 12.8 Å². The van der Waals surface area contributed by atoms with Crippen LogP contribution < -0.4 is 5.48 Å². The molecule has 1 amide bonds. The summed E-state index contributed by atoms with van der Waals surface area (Å²) in [6.07, 6.45) is 1.92. The van der Waals surface area contributed by atoms with E-state index >= 15 is 0 Å². The van der Waals surface area contributed by atoms with Gasteiger partial charge in [0.2, 0.25) is 15.9 Å². The Balaban J connectivity index is 2.34. The zero-order chi connectivity index (χ0) is 13.8. The molecule has 8 nitrogen and oxygen atoms in total. The van der Waals surface area contributed by atoms with E-state index in [0.29, 0.717) is 12.8 Å². The molecule has 0 atom stereocenters. The highest BCUT2D eigenvalue weighted by Gasteiger charge is 2.28. The normalized spacial score (nSPS) is 18.5. The van der Waals surface area contributed by atoms with Crippen LogP contribution in [0.4, 0.5) is 0 Å². The Kier molecular flexibility index (Phi) is 5.05. The van der Waals surface area contributed by atoms with Crippen LogP contribution in [0.25, 0.3) is 0 Å². The summed E-state index contributed by atoms with van der Waals surface area (Å²) in [6, 6.07) is 0. The van der Waals surface area contributed by atoms with Crippen molar-refractivity contribution < 1.29 is 28.0 Å². The number of rotatable bonds is 5. The number of sulfonamides is 1. The van der Waals surface area contributed by atoms with E-state index in [-0.39, 0.29) is 19.0 Å². The van der Waals surface area contributed by atoms with Crippen LogP contribution in [0.3, 0.4) is 0 Å². The summed E-state index contributed by atoms with van der Waals surface area (Å²) in [5.74, 6) is -1.94. The SMILES string of the molecule is CS(=O)(=O)N1CCC(C(=O)NOCC(=O)O)CC1. The molecular formula is C9H16N2O6S. The predicted octanol–water partition coefficient (Wildman–Crippen LogP) is -1.21. The average Bonchev–Trinajstić information content (AvgIpc) is 2.27. The van der Waals surface area contributed by atoms with E-state index in [4.69, 9.17) is 5.11 Å². The van der Waals surface area contributed by atoms with Crippen molar-refractivity contribution in [2.24, 2.45) is 5.92 Å². The van der Waals surface area contributed by atoms with Crippen molar-refractivity contribution in [3.8, 4) is 0 Å². The Bertz CT molecular complexity index is 413. The lowest BCUT2D eigenvalue weighted by Crippen LogP contribution is -2.42. The molecule has 2 N–H and O–H groups in total. The van der Waals surface area contributed by atoms with Gasteiger partial charge in [0.1, 0.15) is 0 Å². The highest BCUT2D eigenvalue weighted by molar-refractivity contribution is 7.88. The van der Waals surface area contributed by atoms with Crippen molar-refractivity contribution in [2.75, 3.05) is 26.0 Å². The number of carbonyl (C=O) groups is 2. The Morgan fingerprint density at radius 2 is 1.94 bits per heavy atom. The van der Waals surface area contributed by atoms with Gasteiger partial charge >= 0.3 is 5.97 Å². The number of carbonyl (C=O) groups excluding carboxylic acids is 1. The molecule has 1 aliphatic rings. The van der Waals surface area contributed by atoms with E-state index in [1.165, 1.54) is 4.31 Å². The van der Waals surface area contributed by atoms with Crippen molar-refractivity contribution in [1.29, 1.82) is 0 Å². The van der Waals surface area contributed by atoms with Gasteiger partial charge < -0.3 is 5.11 Å². The van der Waals surface area contributed by atoms with E-state index in [9.17, 15) is 18.0 Å². The lowest BCUT2D eigenvalue weighted by Gasteiger charge is -2.29. The zero-order valence-corrected chi connectivity index (χ0v) is 10.8. The molecule has 1 heterocycles. The Morgan fingerprint density at radius 3 is 2.39 bits per heavy atom. The van der Waals surface area contributed by atoms with E-state index in [0.717, 1.165) is 6.26 Å². The number of hydroxylamine groups is 1. The van der Waals surface area contributed by atoms with Crippen LogP contribution in [0.5, 0.6) is 0 Å². The van der Waals surface area contributed by atoms with Gasteiger partial charge in [0.15, 0.2) is 6.61 Å². The number of carboxylic acids is 1. The van der Waals surface area contributed by atoms with Gasteiger partial charge in [-0.15, -0.1) is 0 Å². The van der Waals surface area contributed by atoms with E-state index in [1.54, 1.807) is 0 Å². The van der Waals surface area contributed by atoms with E-state index in [2.05, 4.69) is 4.84 Å². The van der Waals surface area contributed by atoms with Crippen LogP contribution in [0.2, 0.25) is 0 Å². The van der Waals surface area contributed by atoms with Crippen LogP contribution in [-0.4, -0.2) is 55.7 Å². The molecule has 1 saturated heterocycles. The second kappa shape index (κ2) is 6.12. The standard InChI is InChI=1S/C9H16N2O6S/c1-18(15,16)11-4-2-7(3-5-11)9(14)10-17-6-8(12)13/h7H,2-6H2,1H3,(H,10,14)(H,12,13). The maximum atomic E-state index is 11.5. The summed E-state index contributed by atoms with van der Waals surface area (Å²) in [5.41, 5.74) is 2.05. The maximum Gasteiger partial charge on any atom is 0.332 e. The highest BCUT2D eigenvalue weighted by atomic mass is 32.2. The molecule has 18 heavy (non-hydrogen) atoms. The van der Waals surface area contributed by atoms with Gasteiger partial charge in [0.25, 0.3) is 0 Å². The molecule has 0 spiro atoms. The van der Waals surface area contributed by atoms with Crippen LogP contribution in [-0.2, 0) is 24.4 Å². The third-order valence-corrected chi connectivity index (χ3v) is 3.97. The summed E-state index contributed by atoms with van der Waals surface area (Å²) in [4.78, 5) is 26.2. The number of nitrogens with one attached hydrogen (secondary N) is 1. The summed E-state index contributed by atoms with van der Waals surface area (Å²) < 4.78 is 23.8. The first-order valence-electron chi connectivity index (χ1n) is 5.39. The number of aliphatic carboxylic acids is 1. The smallest absolute Gasteiger partial charge is 0.332 e. The van der Waals surface area contributed by atoms with Crippen LogP contribution in [0, 0.1) is 5.92 Å². The van der Waals surface area contributed by atoms with Crippen LogP contribution in [0.15, 0.2) is 0 Å². The van der Waals surface area contributed by atoms with Crippen molar-refractivity contribution in [2.45, 2.75) is 12.8 Å². The fraction of sp³-hybridized carbons (Fsp3) is 0.778. The molecule has 9 heteroatoms. The van der Waals surface area contributed by atoms with E-state index < -0.39 is 28.5 Å². The quantitative estimate of drug-likeness (QED) is 0.611. The molecule has 0 aliphatic carbocycles. The Hall–Kier alpha value is -1.19. The molecule has 104 valence electrons. The highest BCUT2D eigenvalue weighted by Crippen LogP contribution is 2.19. The molecule has 0 radical (unpaired) electrons. The van der Waals surface area contributed by atoms with Crippen molar-refractivity contribution in [3.05, 3.63) is 0 Å². The van der Waals surface area contributed by atoms with Crippen molar-refractivity contribution in [3.63, 3.8) is 0 Å². The molecule has 0 aromatic carbocycles. The summed E-state index contributed by atoms with van der Waals surface area (Å²) in [5, 5.41) is 8.31. The first kappa shape index (κ1) is 14.9. The molecule has 1 rings (SSSR count). The lowest BCUT2D eigenvalue weighted by atomic mass is 9.98. The molecule has 1 aliphatic heterocycles.